The third kappa shape index (κ3) is 5.41. The maximum absolute atomic E-state index is 12.7. The fourth-order valence-corrected chi connectivity index (χ4v) is 3.71. The van der Waals surface area contributed by atoms with Crippen LogP contribution in [0.5, 0.6) is 11.6 Å². The van der Waals surface area contributed by atoms with Gasteiger partial charge in [-0.1, -0.05) is 48.0 Å². The van der Waals surface area contributed by atoms with Gasteiger partial charge in [0, 0.05) is 42.8 Å². The number of rotatable bonds is 5. The molecule has 2 heterocycles. The molecule has 2 aromatic carbocycles. The Hall–Kier alpha value is -3.38. The number of ether oxygens (including phenoxy) is 1. The van der Waals surface area contributed by atoms with Crippen molar-refractivity contribution in [3.8, 4) is 11.6 Å². The van der Waals surface area contributed by atoms with Gasteiger partial charge in [-0.05, 0) is 36.8 Å². The van der Waals surface area contributed by atoms with Crippen LogP contribution in [0.15, 0.2) is 73.1 Å². The number of aromatic nitrogens is 2. The van der Waals surface area contributed by atoms with E-state index in [-0.39, 0.29) is 11.9 Å². The van der Waals surface area contributed by atoms with Gasteiger partial charge in [0.25, 0.3) is 0 Å². The van der Waals surface area contributed by atoms with Gasteiger partial charge in [0.1, 0.15) is 17.9 Å². The molecule has 7 heteroatoms. The van der Waals surface area contributed by atoms with Crippen LogP contribution in [0.2, 0.25) is 5.02 Å². The zero-order valence-electron chi connectivity index (χ0n) is 17.2. The molecule has 0 radical (unpaired) electrons. The summed E-state index contributed by atoms with van der Waals surface area (Å²) in [4.78, 5) is 25.3. The number of nitrogens with zero attached hydrogens (tertiary/aromatic N) is 4. The molecule has 1 fully saturated rings. The van der Waals surface area contributed by atoms with Gasteiger partial charge in [-0.15, -0.1) is 0 Å². The normalized spacial score (nSPS) is 16.5. The van der Waals surface area contributed by atoms with E-state index in [1.54, 1.807) is 24.3 Å². The molecular weight excluding hydrogens is 412 g/mol. The Morgan fingerprint density at radius 3 is 2.71 bits per heavy atom. The van der Waals surface area contributed by atoms with E-state index < -0.39 is 0 Å². The minimum absolute atomic E-state index is 0.0173. The van der Waals surface area contributed by atoms with Crippen LogP contribution in [0, 0.1) is 0 Å². The minimum atomic E-state index is 0.0173. The number of anilines is 1. The predicted molar refractivity (Wildman–Crippen MR) is 122 cm³/mol. The summed E-state index contributed by atoms with van der Waals surface area (Å²) in [6, 6.07) is 18.8. The lowest BCUT2D eigenvalue weighted by molar-refractivity contribution is -0.128. The van der Waals surface area contributed by atoms with Crippen molar-refractivity contribution >= 4 is 29.4 Å². The van der Waals surface area contributed by atoms with Gasteiger partial charge < -0.3 is 14.5 Å². The second-order valence-corrected chi connectivity index (χ2v) is 7.78. The Morgan fingerprint density at radius 1 is 1.10 bits per heavy atom. The molecule has 1 atom stereocenters. The van der Waals surface area contributed by atoms with Gasteiger partial charge in [-0.3, -0.25) is 4.79 Å². The van der Waals surface area contributed by atoms with Crippen LogP contribution in [-0.4, -0.2) is 46.5 Å². The first kappa shape index (κ1) is 20.9. The lowest BCUT2D eigenvalue weighted by Gasteiger charge is -2.40. The molecule has 0 aliphatic carbocycles. The second-order valence-electron chi connectivity index (χ2n) is 7.34. The fourth-order valence-electron chi connectivity index (χ4n) is 3.53. The van der Waals surface area contributed by atoms with Crippen LogP contribution in [0.3, 0.4) is 0 Å². The molecule has 31 heavy (non-hydrogen) atoms. The molecule has 1 aromatic heterocycles. The average Bonchev–Trinajstić information content (AvgIpc) is 2.78. The summed E-state index contributed by atoms with van der Waals surface area (Å²) in [6.07, 6.45) is 4.98. The van der Waals surface area contributed by atoms with Crippen LogP contribution < -0.4 is 9.64 Å². The third-order valence-electron chi connectivity index (χ3n) is 5.10. The summed E-state index contributed by atoms with van der Waals surface area (Å²) in [5, 5.41) is 0.600. The van der Waals surface area contributed by atoms with Crippen molar-refractivity contribution in [3.05, 3.63) is 83.7 Å². The van der Waals surface area contributed by atoms with E-state index in [0.717, 1.165) is 11.4 Å². The monoisotopic (exact) mass is 434 g/mol. The molecule has 4 rings (SSSR count). The van der Waals surface area contributed by atoms with Crippen LogP contribution in [0.1, 0.15) is 12.5 Å². The van der Waals surface area contributed by atoms with Crippen molar-refractivity contribution in [1.29, 1.82) is 0 Å². The quantitative estimate of drug-likeness (QED) is 0.546. The predicted octanol–water partition coefficient (Wildman–Crippen LogP) is 4.67. The van der Waals surface area contributed by atoms with Crippen LogP contribution >= 0.6 is 11.6 Å². The highest BCUT2D eigenvalue weighted by Crippen LogP contribution is 2.25. The third-order valence-corrected chi connectivity index (χ3v) is 5.33. The molecule has 3 aromatic rings. The fraction of sp³-hybridized carbons (Fsp3) is 0.208. The van der Waals surface area contributed by atoms with Crippen molar-refractivity contribution in [3.63, 3.8) is 0 Å². The number of halogens is 1. The second kappa shape index (κ2) is 9.62. The molecule has 0 N–H and O–H groups in total. The Bertz CT molecular complexity index is 1070. The molecule has 0 spiro atoms. The zero-order valence-corrected chi connectivity index (χ0v) is 17.9. The Kier molecular flexibility index (Phi) is 6.48. The number of benzene rings is 2. The molecule has 158 valence electrons. The summed E-state index contributed by atoms with van der Waals surface area (Å²) in [7, 11) is 0. The molecule has 6 nitrogen and oxygen atoms in total. The Labute approximate surface area is 186 Å². The molecule has 1 amide bonds. The Morgan fingerprint density at radius 2 is 1.94 bits per heavy atom. The largest absolute Gasteiger partial charge is 0.439 e. The molecule has 1 aliphatic rings. The Balaban J connectivity index is 1.39. The van der Waals surface area contributed by atoms with Gasteiger partial charge in [-0.25, -0.2) is 9.97 Å². The topological polar surface area (TPSA) is 58.6 Å². The number of amides is 1. The number of carbonyl (C=O) groups excluding carboxylic acids is 1. The van der Waals surface area contributed by atoms with Crippen molar-refractivity contribution < 1.29 is 9.53 Å². The number of hydrogen-bond donors (Lipinski definition) is 0. The van der Waals surface area contributed by atoms with Crippen molar-refractivity contribution in [1.82, 2.24) is 14.9 Å². The molecule has 1 aliphatic heterocycles. The van der Waals surface area contributed by atoms with Crippen molar-refractivity contribution in [2.24, 2.45) is 0 Å². The molecule has 0 unspecified atom stereocenters. The summed E-state index contributed by atoms with van der Waals surface area (Å²) in [5.74, 6) is 1.85. The highest BCUT2D eigenvalue weighted by Gasteiger charge is 2.27. The lowest BCUT2D eigenvalue weighted by atomic mass is 10.1. The van der Waals surface area contributed by atoms with Crippen molar-refractivity contribution in [2.45, 2.75) is 13.0 Å². The first-order valence-corrected chi connectivity index (χ1v) is 10.5. The molecule has 1 saturated heterocycles. The van der Waals surface area contributed by atoms with Gasteiger partial charge in [0.05, 0.1) is 0 Å². The van der Waals surface area contributed by atoms with Crippen molar-refractivity contribution in [2.75, 3.05) is 24.5 Å². The van der Waals surface area contributed by atoms with Crippen LogP contribution in [0.4, 0.5) is 5.82 Å². The van der Waals surface area contributed by atoms with Gasteiger partial charge in [0.15, 0.2) is 0 Å². The smallest absolute Gasteiger partial charge is 0.246 e. The highest BCUT2D eigenvalue weighted by atomic mass is 35.5. The van der Waals surface area contributed by atoms with E-state index in [1.165, 1.54) is 6.33 Å². The maximum Gasteiger partial charge on any atom is 0.246 e. The maximum atomic E-state index is 12.7. The van der Waals surface area contributed by atoms with E-state index in [1.807, 2.05) is 60.4 Å². The standard InChI is InChI=1S/C24H23ClN4O2/c1-18-16-28(12-13-29(18)24(30)11-10-19-6-3-2-4-7-19)22-15-23(27-17-26-22)31-21-9-5-8-20(25)14-21/h2-11,14-15,17-18H,12-13,16H2,1H3/b11-10+/t18-/m1/s1. The minimum Gasteiger partial charge on any atom is -0.439 e. The average molecular weight is 435 g/mol. The number of hydrogen-bond acceptors (Lipinski definition) is 5. The van der Waals surface area contributed by atoms with E-state index in [0.29, 0.717) is 36.3 Å². The SMILES string of the molecule is C[C@@H]1CN(c2cc(Oc3cccc(Cl)c3)ncn2)CCN1C(=O)/C=C/c1ccccc1. The molecule has 0 saturated carbocycles. The number of piperazine rings is 1. The first-order valence-electron chi connectivity index (χ1n) is 10.1. The van der Waals surface area contributed by atoms with Crippen LogP contribution in [-0.2, 0) is 4.79 Å². The van der Waals surface area contributed by atoms with E-state index in [2.05, 4.69) is 14.9 Å². The first-order chi connectivity index (χ1) is 15.1. The highest BCUT2D eigenvalue weighted by molar-refractivity contribution is 6.30. The summed E-state index contributed by atoms with van der Waals surface area (Å²) in [6.45, 7) is 4.03. The molecule has 0 bridgehead atoms. The van der Waals surface area contributed by atoms with Gasteiger partial charge >= 0.3 is 0 Å². The van der Waals surface area contributed by atoms with E-state index in [4.69, 9.17) is 16.3 Å². The van der Waals surface area contributed by atoms with Gasteiger partial charge in [-0.2, -0.15) is 0 Å². The summed E-state index contributed by atoms with van der Waals surface area (Å²) >= 11 is 6.02. The van der Waals surface area contributed by atoms with E-state index in [9.17, 15) is 4.79 Å². The lowest BCUT2D eigenvalue weighted by Crippen LogP contribution is -2.54. The van der Waals surface area contributed by atoms with Crippen LogP contribution in [0.25, 0.3) is 6.08 Å². The number of carbonyl (C=O) groups is 1. The zero-order chi connectivity index (χ0) is 21.6. The molecular formula is C24H23ClN4O2. The summed E-state index contributed by atoms with van der Waals surface area (Å²) in [5.41, 5.74) is 1.01. The summed E-state index contributed by atoms with van der Waals surface area (Å²) < 4.78 is 5.81. The van der Waals surface area contributed by atoms with Gasteiger partial charge in [0.2, 0.25) is 11.8 Å². The van der Waals surface area contributed by atoms with E-state index >= 15 is 0 Å².